The highest BCUT2D eigenvalue weighted by molar-refractivity contribution is 9.38. The summed E-state index contributed by atoms with van der Waals surface area (Å²) in [4.78, 5) is 0. The molecule has 0 aliphatic rings. The molecule has 0 radical (unpaired) electrons. The lowest BCUT2D eigenvalue weighted by atomic mass is 11.9. The van der Waals surface area contributed by atoms with Gasteiger partial charge in [0, 0.05) is 5.07 Å². The van der Waals surface area contributed by atoms with Gasteiger partial charge in [-0.3, -0.25) is 0 Å². The van der Waals surface area contributed by atoms with Gasteiger partial charge in [-0.2, -0.15) is 0 Å². The van der Waals surface area contributed by atoms with Crippen molar-refractivity contribution in [3.8, 4) is 0 Å². The lowest BCUT2D eigenvalue weighted by Gasteiger charge is -1.64. The average Bonchev–Trinajstić information content (AvgIpc) is 1.37. The Bertz CT molecular complexity index is 8.00. The molecule has 0 N–H and O–H groups in total. The Labute approximate surface area is 44.0 Å². The van der Waals surface area contributed by atoms with Crippen LogP contribution < -0.4 is 0 Å². The van der Waals surface area contributed by atoms with E-state index in [9.17, 15) is 0 Å². The highest BCUT2D eigenvalue weighted by atomic mass is 79.9. The van der Waals surface area contributed by atoms with Crippen molar-refractivity contribution in [2.75, 3.05) is 5.07 Å². The van der Waals surface area contributed by atoms with Crippen LogP contribution in [0.15, 0.2) is 0 Å². The third-order valence-electron chi connectivity index (χ3n) is 0.0505. The molecule has 1 atom stereocenters. The molecular formula is CH3Br2P. The molecule has 0 aromatic heterocycles. The smallest absolute Gasteiger partial charge is 0.0306 e. The van der Waals surface area contributed by atoms with Crippen molar-refractivity contribution in [3.63, 3.8) is 0 Å². The Kier molecular flexibility index (Phi) is 5.92. The Hall–Kier alpha value is 1.39. The molecule has 0 aliphatic carbocycles. The van der Waals surface area contributed by atoms with E-state index in [1.165, 1.54) is 0 Å². The molecule has 0 saturated carbocycles. The summed E-state index contributed by atoms with van der Waals surface area (Å²) in [6.45, 7) is 0. The molecule has 26 valence electrons. The summed E-state index contributed by atoms with van der Waals surface area (Å²) in [6.07, 6.45) is 0. The molecule has 1 unspecified atom stereocenters. The van der Waals surface area contributed by atoms with Crippen LogP contribution in [0.1, 0.15) is 0 Å². The van der Waals surface area contributed by atoms with Crippen molar-refractivity contribution in [2.45, 2.75) is 0 Å². The van der Waals surface area contributed by atoms with E-state index in [-0.39, 0.29) is 0 Å². The summed E-state index contributed by atoms with van der Waals surface area (Å²) in [5, 5.41) is 1.08. The van der Waals surface area contributed by atoms with Crippen molar-refractivity contribution < 1.29 is 0 Å². The van der Waals surface area contributed by atoms with E-state index >= 15 is 0 Å². The molecule has 4 heavy (non-hydrogen) atoms. The topological polar surface area (TPSA) is 0 Å². The van der Waals surface area contributed by atoms with Crippen LogP contribution in [-0.2, 0) is 0 Å². The summed E-state index contributed by atoms with van der Waals surface area (Å²) in [7, 11) is 0.870. The van der Waals surface area contributed by atoms with E-state index in [2.05, 4.69) is 31.4 Å². The minimum Gasteiger partial charge on any atom is -0.0871 e. The second-order valence-electron chi connectivity index (χ2n) is 0.267. The van der Waals surface area contributed by atoms with Crippen molar-refractivity contribution in [1.29, 1.82) is 0 Å². The Morgan fingerprint density at radius 3 is 2.00 bits per heavy atom. The van der Waals surface area contributed by atoms with Gasteiger partial charge in [-0.15, -0.1) is 0 Å². The zero-order chi connectivity index (χ0) is 3.41. The van der Waals surface area contributed by atoms with E-state index in [0.29, 0.717) is 0 Å². The maximum absolute atomic E-state index is 3.23. The molecule has 0 aromatic rings. The van der Waals surface area contributed by atoms with Crippen LogP contribution >= 0.6 is 38.7 Å². The molecular weight excluding hydrogens is 203 g/mol. The molecule has 3 heteroatoms. The van der Waals surface area contributed by atoms with Gasteiger partial charge < -0.3 is 0 Å². The minimum atomic E-state index is 0.870. The average molecular weight is 206 g/mol. The molecule has 0 saturated heterocycles. The number of hydrogen-bond acceptors (Lipinski definition) is 0. The first-order valence-electron chi connectivity index (χ1n) is 0.810. The van der Waals surface area contributed by atoms with Gasteiger partial charge in [-0.1, -0.05) is 31.4 Å². The molecule has 0 fully saturated rings. The lowest BCUT2D eigenvalue weighted by Crippen LogP contribution is -1.27. The van der Waals surface area contributed by atoms with E-state index < -0.39 is 0 Å². The Morgan fingerprint density at radius 2 is 2.00 bits per heavy atom. The van der Waals surface area contributed by atoms with Crippen LogP contribution in [0.3, 0.4) is 0 Å². The van der Waals surface area contributed by atoms with Gasteiger partial charge in [0.05, 0.1) is 0 Å². The van der Waals surface area contributed by atoms with Crippen molar-refractivity contribution in [3.05, 3.63) is 0 Å². The van der Waals surface area contributed by atoms with Gasteiger partial charge in [-0.25, -0.2) is 0 Å². The van der Waals surface area contributed by atoms with E-state index in [4.69, 9.17) is 0 Å². The highest BCUT2D eigenvalue weighted by Gasteiger charge is 1.60. The molecule has 0 heterocycles. The van der Waals surface area contributed by atoms with Crippen LogP contribution in [-0.4, -0.2) is 5.07 Å². The van der Waals surface area contributed by atoms with Crippen molar-refractivity contribution in [2.24, 2.45) is 0 Å². The first-order valence-corrected chi connectivity index (χ1v) is 5.40. The third-order valence-corrected chi connectivity index (χ3v) is 4.09. The van der Waals surface area contributed by atoms with Gasteiger partial charge in [0.1, 0.15) is 0 Å². The van der Waals surface area contributed by atoms with Crippen LogP contribution in [0.4, 0.5) is 0 Å². The van der Waals surface area contributed by atoms with E-state index in [1.54, 1.807) is 0 Å². The summed E-state index contributed by atoms with van der Waals surface area (Å²) in [5.41, 5.74) is 0. The zero-order valence-electron chi connectivity index (χ0n) is 1.96. The molecule has 0 amide bonds. The maximum Gasteiger partial charge on any atom is 0.0306 e. The highest BCUT2D eigenvalue weighted by Crippen LogP contribution is 2.20. The Morgan fingerprint density at radius 1 is 1.75 bits per heavy atom. The largest absolute Gasteiger partial charge is 0.0871 e. The summed E-state index contributed by atoms with van der Waals surface area (Å²) in [6, 6.07) is 0. The number of alkyl halides is 1. The van der Waals surface area contributed by atoms with Crippen LogP contribution in [0.2, 0.25) is 0 Å². The lowest BCUT2D eigenvalue weighted by molar-refractivity contribution is 2.37. The fraction of sp³-hybridized carbons (Fsp3) is 1.00. The van der Waals surface area contributed by atoms with Gasteiger partial charge in [0.25, 0.3) is 0 Å². The van der Waals surface area contributed by atoms with E-state index in [0.717, 1.165) is 12.4 Å². The molecule has 0 nitrogen and oxygen atoms in total. The molecule has 0 aromatic carbocycles. The number of hydrogen-bond donors (Lipinski definition) is 0. The fourth-order valence-corrected chi connectivity index (χ4v) is 0. The second-order valence-corrected chi connectivity index (χ2v) is 4.17. The standard InChI is InChI=1S/CH3Br2P/c2-1-4-3/h4H,1H2. The monoisotopic (exact) mass is 204 g/mol. The minimum absolute atomic E-state index is 0.870. The quantitative estimate of drug-likeness (QED) is 0.456. The van der Waals surface area contributed by atoms with Crippen LogP contribution in [0.25, 0.3) is 0 Å². The van der Waals surface area contributed by atoms with Gasteiger partial charge in [0.2, 0.25) is 0 Å². The van der Waals surface area contributed by atoms with Crippen molar-refractivity contribution in [1.82, 2.24) is 0 Å². The maximum atomic E-state index is 3.23. The SMILES string of the molecule is BrCPBr. The number of halogens is 2. The first kappa shape index (κ1) is 5.39. The molecule has 0 rings (SSSR count). The fourth-order valence-electron chi connectivity index (χ4n) is 0. The van der Waals surface area contributed by atoms with Gasteiger partial charge >= 0.3 is 0 Å². The Balaban J connectivity index is 1.97. The third kappa shape index (κ3) is 3.39. The molecule has 0 bridgehead atoms. The summed E-state index contributed by atoms with van der Waals surface area (Å²) in [5.74, 6) is 0. The predicted molar refractivity (Wildman–Crippen MR) is 31.0 cm³/mol. The van der Waals surface area contributed by atoms with Crippen LogP contribution in [0.5, 0.6) is 0 Å². The van der Waals surface area contributed by atoms with Crippen molar-refractivity contribution >= 4 is 38.7 Å². The second kappa shape index (κ2) is 4.39. The number of rotatable bonds is 1. The zero-order valence-corrected chi connectivity index (χ0v) is 6.14. The first-order chi connectivity index (χ1) is 1.91. The molecule has 0 aliphatic heterocycles. The normalized spacial score (nSPS) is 10.5. The predicted octanol–water partition coefficient (Wildman–Crippen LogP) is 2.33. The molecule has 0 spiro atoms. The van der Waals surface area contributed by atoms with Gasteiger partial charge in [-0.05, 0) is 7.28 Å². The summed E-state index contributed by atoms with van der Waals surface area (Å²) < 4.78 is 0. The van der Waals surface area contributed by atoms with E-state index in [1.807, 2.05) is 0 Å². The van der Waals surface area contributed by atoms with Gasteiger partial charge in [0.15, 0.2) is 0 Å². The summed E-state index contributed by atoms with van der Waals surface area (Å²) >= 11 is 6.44. The van der Waals surface area contributed by atoms with Crippen LogP contribution in [0, 0.1) is 0 Å².